The molecule has 0 atom stereocenters. The number of amides is 1. The number of halogens is 3. The van der Waals surface area contributed by atoms with E-state index in [1.807, 2.05) is 0 Å². The van der Waals surface area contributed by atoms with Crippen molar-refractivity contribution in [2.24, 2.45) is 0 Å². The number of hydrogen-bond acceptors (Lipinski definition) is 4. The van der Waals surface area contributed by atoms with Crippen molar-refractivity contribution in [3.05, 3.63) is 59.5 Å². The number of carbonyl (C=O) groups excluding carboxylic acids is 1. The molecular weight excluding hydrogens is 371 g/mol. The van der Waals surface area contributed by atoms with Gasteiger partial charge in [0.25, 0.3) is 15.9 Å². The number of benzene rings is 1. The molecule has 0 saturated heterocycles. The summed E-state index contributed by atoms with van der Waals surface area (Å²) in [7, 11) is -4.03. The summed E-state index contributed by atoms with van der Waals surface area (Å²) in [5.74, 6) is -4.86. The van der Waals surface area contributed by atoms with Gasteiger partial charge in [-0.2, -0.15) is 5.10 Å². The Morgan fingerprint density at radius 1 is 1.31 bits per heavy atom. The molecule has 1 saturated carbocycles. The fourth-order valence-corrected chi connectivity index (χ4v) is 3.13. The van der Waals surface area contributed by atoms with Crippen molar-refractivity contribution in [3.63, 3.8) is 0 Å². The van der Waals surface area contributed by atoms with Crippen molar-refractivity contribution in [1.29, 1.82) is 0 Å². The van der Waals surface area contributed by atoms with Crippen LogP contribution in [0, 0.1) is 5.82 Å². The molecule has 2 aromatic rings. The average molecular weight is 385 g/mol. The summed E-state index contributed by atoms with van der Waals surface area (Å²) in [4.78, 5) is 12.1. The van der Waals surface area contributed by atoms with Crippen LogP contribution >= 0.6 is 0 Å². The first-order valence-electron chi connectivity index (χ1n) is 7.53. The quantitative estimate of drug-likeness (QED) is 0.858. The molecule has 1 aromatic heterocycles. The molecule has 0 bridgehead atoms. The lowest BCUT2D eigenvalue weighted by Gasteiger charge is -2.35. The monoisotopic (exact) mass is 385 g/mol. The van der Waals surface area contributed by atoms with Gasteiger partial charge in [0, 0.05) is 29.9 Å². The lowest BCUT2D eigenvalue weighted by atomic mass is 9.79. The third-order valence-corrected chi connectivity index (χ3v) is 4.91. The van der Waals surface area contributed by atoms with Crippen LogP contribution in [0.4, 0.5) is 13.2 Å². The van der Waals surface area contributed by atoms with Gasteiger partial charge >= 0.3 is 0 Å². The van der Waals surface area contributed by atoms with Gasteiger partial charge < -0.3 is 0 Å². The van der Waals surface area contributed by atoms with E-state index in [-0.39, 0.29) is 5.69 Å². The SMILES string of the molecule is C=CS(=O)(=O)NC(=O)c1cc(C2CC(F)(F)C2)n(-c2ccc(F)cc2)n1. The fraction of sp³-hybridized carbons (Fsp3) is 0.250. The number of rotatable bonds is 5. The van der Waals surface area contributed by atoms with Crippen molar-refractivity contribution in [3.8, 4) is 5.69 Å². The van der Waals surface area contributed by atoms with E-state index in [0.29, 0.717) is 16.8 Å². The van der Waals surface area contributed by atoms with Crippen molar-refractivity contribution in [2.45, 2.75) is 24.7 Å². The van der Waals surface area contributed by atoms with Crippen LogP contribution in [0.2, 0.25) is 0 Å². The van der Waals surface area contributed by atoms with Crippen molar-refractivity contribution >= 4 is 15.9 Å². The maximum atomic E-state index is 13.2. The highest BCUT2D eigenvalue weighted by molar-refractivity contribution is 7.92. The number of carbonyl (C=O) groups is 1. The number of alkyl halides is 2. The van der Waals surface area contributed by atoms with Gasteiger partial charge in [0.15, 0.2) is 5.69 Å². The molecule has 1 heterocycles. The summed E-state index contributed by atoms with van der Waals surface area (Å²) in [6.07, 6.45) is -0.822. The third kappa shape index (κ3) is 3.64. The molecule has 1 fully saturated rings. The van der Waals surface area contributed by atoms with Crippen LogP contribution in [0.3, 0.4) is 0 Å². The number of nitrogens with one attached hydrogen (secondary N) is 1. The van der Waals surface area contributed by atoms with Crippen LogP contribution in [0.1, 0.15) is 34.9 Å². The Balaban J connectivity index is 1.99. The van der Waals surface area contributed by atoms with Crippen molar-refractivity contribution in [1.82, 2.24) is 14.5 Å². The molecule has 1 aromatic carbocycles. The summed E-state index contributed by atoms with van der Waals surface area (Å²) < 4.78 is 65.5. The molecule has 1 N–H and O–H groups in total. The molecule has 10 heteroatoms. The van der Waals surface area contributed by atoms with E-state index in [1.165, 1.54) is 22.9 Å². The predicted octanol–water partition coefficient (Wildman–Crippen LogP) is 2.73. The maximum absolute atomic E-state index is 13.2. The first kappa shape index (κ1) is 18.2. The topological polar surface area (TPSA) is 81.1 Å². The number of sulfonamides is 1. The minimum atomic E-state index is -4.03. The van der Waals surface area contributed by atoms with Crippen LogP contribution in [0.5, 0.6) is 0 Å². The van der Waals surface area contributed by atoms with Crippen LogP contribution in [0.15, 0.2) is 42.3 Å². The molecule has 0 aliphatic heterocycles. The number of hydrogen-bond donors (Lipinski definition) is 1. The summed E-state index contributed by atoms with van der Waals surface area (Å²) in [6.45, 7) is 3.08. The standard InChI is InChI=1S/C16H14F3N3O3S/c1-2-26(24,25)21-15(23)13-7-14(10-8-16(18,19)9-10)22(20-13)12-5-3-11(17)4-6-12/h2-7,10H,1,8-9H2,(H,21,23). The van der Waals surface area contributed by atoms with Gasteiger partial charge in [0.1, 0.15) is 5.82 Å². The Hall–Kier alpha value is -2.62. The number of aromatic nitrogens is 2. The minimum absolute atomic E-state index is 0.259. The average Bonchev–Trinajstić information content (AvgIpc) is 2.98. The van der Waals surface area contributed by atoms with Crippen LogP contribution in [-0.4, -0.2) is 30.0 Å². The van der Waals surface area contributed by atoms with Gasteiger partial charge in [-0.05, 0) is 30.3 Å². The molecule has 0 radical (unpaired) electrons. The summed E-state index contributed by atoms with van der Waals surface area (Å²) in [5.41, 5.74) is 0.427. The molecule has 26 heavy (non-hydrogen) atoms. The van der Waals surface area contributed by atoms with Gasteiger partial charge in [-0.15, -0.1) is 0 Å². The smallest absolute Gasteiger partial charge is 0.266 e. The van der Waals surface area contributed by atoms with Gasteiger partial charge in [-0.1, -0.05) is 6.58 Å². The van der Waals surface area contributed by atoms with Gasteiger partial charge in [0.2, 0.25) is 5.92 Å². The Bertz CT molecular complexity index is 960. The van der Waals surface area contributed by atoms with Crippen molar-refractivity contribution in [2.75, 3.05) is 0 Å². The van der Waals surface area contributed by atoms with E-state index >= 15 is 0 Å². The highest BCUT2D eigenvalue weighted by Gasteiger charge is 2.47. The molecular formula is C16H14F3N3O3S. The Kier molecular flexibility index (Phi) is 4.39. The van der Waals surface area contributed by atoms with E-state index in [1.54, 1.807) is 4.72 Å². The zero-order valence-electron chi connectivity index (χ0n) is 13.3. The fourth-order valence-electron chi connectivity index (χ4n) is 2.68. The summed E-state index contributed by atoms with van der Waals surface area (Å²) >= 11 is 0. The van der Waals surface area contributed by atoms with E-state index < -0.39 is 46.4 Å². The second kappa shape index (κ2) is 6.27. The zero-order chi connectivity index (χ0) is 19.1. The van der Waals surface area contributed by atoms with E-state index in [0.717, 1.165) is 12.1 Å². The Morgan fingerprint density at radius 2 is 1.92 bits per heavy atom. The second-order valence-electron chi connectivity index (χ2n) is 5.95. The molecule has 1 aliphatic rings. The van der Waals surface area contributed by atoms with Crippen LogP contribution < -0.4 is 4.72 Å². The maximum Gasteiger partial charge on any atom is 0.285 e. The van der Waals surface area contributed by atoms with Gasteiger partial charge in [-0.3, -0.25) is 4.79 Å². The normalized spacial score (nSPS) is 16.7. The van der Waals surface area contributed by atoms with Gasteiger partial charge in [0.05, 0.1) is 5.69 Å². The molecule has 1 aliphatic carbocycles. The molecule has 0 spiro atoms. The van der Waals surface area contributed by atoms with Crippen LogP contribution in [-0.2, 0) is 10.0 Å². The third-order valence-electron chi connectivity index (χ3n) is 4.00. The van der Waals surface area contributed by atoms with E-state index in [9.17, 15) is 26.4 Å². The van der Waals surface area contributed by atoms with Gasteiger partial charge in [-0.25, -0.2) is 31.0 Å². The highest BCUT2D eigenvalue weighted by Crippen LogP contribution is 2.48. The molecule has 138 valence electrons. The van der Waals surface area contributed by atoms with Crippen molar-refractivity contribution < 1.29 is 26.4 Å². The second-order valence-corrected chi connectivity index (χ2v) is 7.57. The van der Waals surface area contributed by atoms with Crippen LogP contribution in [0.25, 0.3) is 5.69 Å². The predicted molar refractivity (Wildman–Crippen MR) is 87.0 cm³/mol. The lowest BCUT2D eigenvalue weighted by molar-refractivity contribution is -0.0880. The largest absolute Gasteiger partial charge is 0.285 e. The molecule has 0 unspecified atom stereocenters. The minimum Gasteiger partial charge on any atom is -0.266 e. The first-order valence-corrected chi connectivity index (χ1v) is 9.08. The number of nitrogens with zero attached hydrogens (tertiary/aromatic N) is 2. The first-order chi connectivity index (χ1) is 12.1. The van der Waals surface area contributed by atoms with E-state index in [2.05, 4.69) is 11.7 Å². The molecule has 3 rings (SSSR count). The Morgan fingerprint density at radius 3 is 2.46 bits per heavy atom. The zero-order valence-corrected chi connectivity index (χ0v) is 14.1. The Labute approximate surface area is 147 Å². The van der Waals surface area contributed by atoms with E-state index in [4.69, 9.17) is 0 Å². The summed E-state index contributed by atoms with van der Waals surface area (Å²) in [6, 6.07) is 6.35. The molecule has 1 amide bonds. The molecule has 6 nitrogen and oxygen atoms in total. The highest BCUT2D eigenvalue weighted by atomic mass is 32.2. The lowest BCUT2D eigenvalue weighted by Crippen LogP contribution is -2.34. The summed E-state index contributed by atoms with van der Waals surface area (Å²) in [5, 5.41) is 4.58.